The van der Waals surface area contributed by atoms with Crippen LogP contribution in [0.4, 0.5) is 0 Å². The fourth-order valence-electron chi connectivity index (χ4n) is 3.35. The topological polar surface area (TPSA) is 52.6 Å². The smallest absolute Gasteiger partial charge is 0.338 e. The molecule has 0 N–H and O–H groups in total. The van der Waals surface area contributed by atoms with E-state index in [4.69, 9.17) is 9.47 Å². The maximum atomic E-state index is 12.0. The van der Waals surface area contributed by atoms with Crippen LogP contribution in [0, 0.1) is 11.8 Å². The molecule has 0 amide bonds. The Morgan fingerprint density at radius 2 is 1.00 bits per heavy atom. The van der Waals surface area contributed by atoms with Gasteiger partial charge in [0.1, 0.15) is 0 Å². The molecule has 5 aliphatic rings. The molecule has 1 aliphatic carbocycles. The summed E-state index contributed by atoms with van der Waals surface area (Å²) in [5.41, 5.74) is 0.958. The summed E-state index contributed by atoms with van der Waals surface area (Å²) in [7, 11) is 0. The maximum Gasteiger partial charge on any atom is 0.338 e. The van der Waals surface area contributed by atoms with E-state index >= 15 is 0 Å². The Morgan fingerprint density at radius 1 is 0.636 bits per heavy atom. The summed E-state index contributed by atoms with van der Waals surface area (Å²) in [4.78, 5) is 23.9. The Balaban J connectivity index is 1.72. The first-order valence-electron chi connectivity index (χ1n) is 8.16. The van der Waals surface area contributed by atoms with Crippen molar-refractivity contribution in [3.63, 3.8) is 0 Å². The van der Waals surface area contributed by atoms with Gasteiger partial charge < -0.3 is 9.47 Å². The summed E-state index contributed by atoms with van der Waals surface area (Å²) < 4.78 is 10.7. The third kappa shape index (κ3) is 3.67. The van der Waals surface area contributed by atoms with Crippen LogP contribution in [-0.4, -0.2) is 25.2 Å². The maximum absolute atomic E-state index is 12.0. The standard InChI is InChI=1S/C18H22O4/c19-17-15-5-7-16(8-6-15)18(20)22-12-10-14-2-1-13(3-4-14)9-11-21-17/h5-8,13-14H,1-4,9-12H2. The van der Waals surface area contributed by atoms with Crippen LogP contribution in [0.5, 0.6) is 0 Å². The summed E-state index contributed by atoms with van der Waals surface area (Å²) in [5, 5.41) is 0. The highest BCUT2D eigenvalue weighted by atomic mass is 16.5. The highest BCUT2D eigenvalue weighted by molar-refractivity contribution is 5.93. The van der Waals surface area contributed by atoms with Crippen LogP contribution in [0.15, 0.2) is 24.3 Å². The van der Waals surface area contributed by atoms with Crippen LogP contribution in [0.3, 0.4) is 0 Å². The van der Waals surface area contributed by atoms with Crippen LogP contribution in [-0.2, 0) is 9.47 Å². The molecule has 4 nitrogen and oxygen atoms in total. The fraction of sp³-hybridized carbons (Fsp3) is 0.556. The molecule has 6 rings (SSSR count). The first-order chi connectivity index (χ1) is 10.7. The SMILES string of the molecule is O=C1OCCC2CCC(CCOC(=O)c3ccc1cc3)CC2. The molecule has 0 atom stereocenters. The lowest BCUT2D eigenvalue weighted by atomic mass is 9.79. The monoisotopic (exact) mass is 302 g/mol. The van der Waals surface area contributed by atoms with Crippen molar-refractivity contribution in [2.75, 3.05) is 13.2 Å². The lowest BCUT2D eigenvalue weighted by molar-refractivity contribution is 0.0431. The van der Waals surface area contributed by atoms with E-state index in [0.717, 1.165) is 12.8 Å². The lowest BCUT2D eigenvalue weighted by Crippen LogP contribution is -2.19. The van der Waals surface area contributed by atoms with Crippen molar-refractivity contribution in [1.82, 2.24) is 0 Å². The lowest BCUT2D eigenvalue weighted by Gasteiger charge is -2.28. The van der Waals surface area contributed by atoms with Gasteiger partial charge in [-0.2, -0.15) is 0 Å². The van der Waals surface area contributed by atoms with E-state index in [1.54, 1.807) is 24.3 Å². The number of ether oxygens (including phenoxy) is 2. The number of hydrogen-bond donors (Lipinski definition) is 0. The van der Waals surface area contributed by atoms with Gasteiger partial charge in [-0.25, -0.2) is 9.59 Å². The van der Waals surface area contributed by atoms with E-state index in [1.165, 1.54) is 25.7 Å². The average Bonchev–Trinajstić information content (AvgIpc) is 2.55. The third-order valence-corrected chi connectivity index (χ3v) is 4.84. The van der Waals surface area contributed by atoms with Gasteiger partial charge in [0.05, 0.1) is 24.3 Å². The summed E-state index contributed by atoms with van der Waals surface area (Å²) in [5.74, 6) is 0.671. The summed E-state index contributed by atoms with van der Waals surface area (Å²) in [6.45, 7) is 0.968. The van der Waals surface area contributed by atoms with Gasteiger partial charge in [0, 0.05) is 0 Å². The first-order valence-corrected chi connectivity index (χ1v) is 8.16. The van der Waals surface area contributed by atoms with E-state index in [-0.39, 0.29) is 11.9 Å². The molecular weight excluding hydrogens is 280 g/mol. The Hall–Kier alpha value is -1.84. The van der Waals surface area contributed by atoms with Gasteiger partial charge in [-0.1, -0.05) is 25.7 Å². The normalized spacial score (nSPS) is 26.5. The second kappa shape index (κ2) is 6.95. The predicted molar refractivity (Wildman–Crippen MR) is 81.7 cm³/mol. The Labute approximate surface area is 130 Å². The predicted octanol–water partition coefficient (Wildman–Crippen LogP) is 3.60. The van der Waals surface area contributed by atoms with Crippen LogP contribution in [0.25, 0.3) is 0 Å². The molecule has 1 aromatic carbocycles. The van der Waals surface area contributed by atoms with Crippen LogP contribution in [0.2, 0.25) is 0 Å². The van der Waals surface area contributed by atoms with Gasteiger partial charge in [-0.3, -0.25) is 0 Å². The number of hydrogen-bond acceptors (Lipinski definition) is 4. The molecule has 0 spiro atoms. The summed E-state index contributed by atoms with van der Waals surface area (Å²) in [6.07, 6.45) is 6.64. The zero-order valence-electron chi connectivity index (χ0n) is 12.8. The van der Waals surface area contributed by atoms with E-state index in [2.05, 4.69) is 0 Å². The van der Waals surface area contributed by atoms with Crippen molar-refractivity contribution >= 4 is 11.9 Å². The van der Waals surface area contributed by atoms with Crippen LogP contribution >= 0.6 is 0 Å². The molecule has 4 bridgehead atoms. The molecule has 0 unspecified atom stereocenters. The Bertz CT molecular complexity index is 478. The molecule has 0 radical (unpaired) electrons. The van der Waals surface area contributed by atoms with E-state index < -0.39 is 0 Å². The molecule has 4 heteroatoms. The van der Waals surface area contributed by atoms with E-state index in [1.807, 2.05) is 0 Å². The summed E-state index contributed by atoms with van der Waals surface area (Å²) in [6, 6.07) is 6.49. The first kappa shape index (κ1) is 15.1. The quantitative estimate of drug-likeness (QED) is 0.687. The van der Waals surface area contributed by atoms with E-state index in [9.17, 15) is 9.59 Å². The minimum Gasteiger partial charge on any atom is -0.462 e. The van der Waals surface area contributed by atoms with Gasteiger partial charge in [-0.15, -0.1) is 0 Å². The fourth-order valence-corrected chi connectivity index (χ4v) is 3.35. The molecule has 1 aromatic rings. The molecular formula is C18H22O4. The number of benzene rings is 1. The molecule has 4 aliphatic heterocycles. The van der Waals surface area contributed by atoms with Crippen molar-refractivity contribution in [2.24, 2.45) is 11.8 Å². The molecule has 4 heterocycles. The zero-order valence-corrected chi connectivity index (χ0v) is 12.8. The van der Waals surface area contributed by atoms with Crippen LogP contribution < -0.4 is 0 Å². The summed E-state index contributed by atoms with van der Waals surface area (Å²) >= 11 is 0. The highest BCUT2D eigenvalue weighted by Gasteiger charge is 2.22. The zero-order chi connectivity index (χ0) is 15.4. The number of carbonyl (C=O) groups is 2. The minimum atomic E-state index is -0.319. The highest BCUT2D eigenvalue weighted by Crippen LogP contribution is 2.32. The van der Waals surface area contributed by atoms with Gasteiger partial charge in [0.25, 0.3) is 0 Å². The van der Waals surface area contributed by atoms with Crippen molar-refractivity contribution in [3.05, 3.63) is 35.4 Å². The van der Waals surface area contributed by atoms with Gasteiger partial charge >= 0.3 is 11.9 Å². The van der Waals surface area contributed by atoms with Crippen molar-refractivity contribution in [1.29, 1.82) is 0 Å². The number of carbonyl (C=O) groups excluding carboxylic acids is 2. The van der Waals surface area contributed by atoms with Crippen molar-refractivity contribution in [2.45, 2.75) is 38.5 Å². The van der Waals surface area contributed by atoms with Gasteiger partial charge in [0.15, 0.2) is 0 Å². The van der Waals surface area contributed by atoms with Crippen molar-refractivity contribution in [3.8, 4) is 0 Å². The molecule has 118 valence electrons. The Kier molecular flexibility index (Phi) is 4.76. The molecule has 1 fully saturated rings. The molecule has 1 saturated carbocycles. The third-order valence-electron chi connectivity index (χ3n) is 4.84. The molecule has 22 heavy (non-hydrogen) atoms. The van der Waals surface area contributed by atoms with Crippen LogP contribution in [0.1, 0.15) is 59.2 Å². The van der Waals surface area contributed by atoms with Crippen molar-refractivity contribution < 1.29 is 19.1 Å². The second-order valence-corrected chi connectivity index (χ2v) is 6.31. The number of esters is 2. The molecule has 0 aromatic heterocycles. The van der Waals surface area contributed by atoms with Gasteiger partial charge in [0.2, 0.25) is 0 Å². The number of rotatable bonds is 0. The second-order valence-electron chi connectivity index (χ2n) is 6.31. The molecule has 0 saturated heterocycles. The largest absolute Gasteiger partial charge is 0.462 e. The minimum absolute atomic E-state index is 0.319. The van der Waals surface area contributed by atoms with E-state index in [0.29, 0.717) is 36.2 Å². The van der Waals surface area contributed by atoms with Gasteiger partial charge in [-0.05, 0) is 48.9 Å². The Morgan fingerprint density at radius 3 is 1.36 bits per heavy atom. The average molecular weight is 302 g/mol.